The summed E-state index contributed by atoms with van der Waals surface area (Å²) in [6, 6.07) is 20.0. The van der Waals surface area contributed by atoms with E-state index in [2.05, 4.69) is 10.1 Å². The fourth-order valence-electron chi connectivity index (χ4n) is 2.72. The maximum atomic E-state index is 12.8. The molecule has 0 N–H and O–H groups in total. The molecule has 0 radical (unpaired) electrons. The molecular weight excluding hydrogens is 334 g/mol. The van der Waals surface area contributed by atoms with E-state index < -0.39 is 9.84 Å². The Kier molecular flexibility index (Phi) is 3.82. The zero-order valence-corrected chi connectivity index (χ0v) is 14.1. The molecule has 2 heterocycles. The Morgan fingerprint density at radius 2 is 1.80 bits per heavy atom. The standard InChI is InChI=1S/C19H15N3O2S/c23-25(24,19-10-9-16-6-1-2-8-18(16)21-19)14-15-5-3-7-17(13-15)22-12-4-11-20-22/h1-13H,14H2. The predicted molar refractivity (Wildman–Crippen MR) is 96.2 cm³/mol. The Morgan fingerprint density at radius 1 is 0.920 bits per heavy atom. The first-order valence-corrected chi connectivity index (χ1v) is 9.45. The molecule has 0 saturated heterocycles. The van der Waals surface area contributed by atoms with Gasteiger partial charge < -0.3 is 0 Å². The second-order valence-electron chi connectivity index (χ2n) is 5.72. The van der Waals surface area contributed by atoms with Gasteiger partial charge in [-0.25, -0.2) is 18.1 Å². The van der Waals surface area contributed by atoms with Crippen molar-refractivity contribution in [2.75, 3.05) is 0 Å². The van der Waals surface area contributed by atoms with Crippen molar-refractivity contribution < 1.29 is 8.42 Å². The molecule has 0 aliphatic heterocycles. The maximum absolute atomic E-state index is 12.8. The van der Waals surface area contributed by atoms with E-state index in [9.17, 15) is 8.42 Å². The van der Waals surface area contributed by atoms with E-state index in [1.54, 1.807) is 29.1 Å². The number of pyridine rings is 1. The van der Waals surface area contributed by atoms with Crippen LogP contribution in [0.4, 0.5) is 0 Å². The van der Waals surface area contributed by atoms with Gasteiger partial charge in [-0.05, 0) is 42.0 Å². The molecule has 0 bridgehead atoms. The summed E-state index contributed by atoms with van der Waals surface area (Å²) in [5, 5.41) is 5.18. The van der Waals surface area contributed by atoms with E-state index in [1.165, 1.54) is 0 Å². The van der Waals surface area contributed by atoms with Crippen LogP contribution in [0.1, 0.15) is 5.56 Å². The normalized spacial score (nSPS) is 11.7. The molecule has 6 heteroatoms. The van der Waals surface area contributed by atoms with Gasteiger partial charge in [0.25, 0.3) is 0 Å². The van der Waals surface area contributed by atoms with Crippen LogP contribution >= 0.6 is 0 Å². The highest BCUT2D eigenvalue weighted by atomic mass is 32.2. The molecule has 0 aliphatic carbocycles. The van der Waals surface area contributed by atoms with Crippen molar-refractivity contribution in [1.82, 2.24) is 14.8 Å². The molecule has 4 aromatic rings. The molecule has 5 nitrogen and oxygen atoms in total. The van der Waals surface area contributed by atoms with Crippen LogP contribution in [0, 0.1) is 0 Å². The van der Waals surface area contributed by atoms with Crippen molar-refractivity contribution in [3.05, 3.63) is 84.7 Å². The quantitative estimate of drug-likeness (QED) is 0.566. The molecule has 0 amide bonds. The summed E-state index contributed by atoms with van der Waals surface area (Å²) >= 11 is 0. The Bertz CT molecular complexity index is 1140. The van der Waals surface area contributed by atoms with Crippen LogP contribution in [0.5, 0.6) is 0 Å². The van der Waals surface area contributed by atoms with Gasteiger partial charge in [-0.3, -0.25) is 0 Å². The number of fused-ring (bicyclic) bond motifs is 1. The van der Waals surface area contributed by atoms with Crippen molar-refractivity contribution in [2.24, 2.45) is 0 Å². The Labute approximate surface area is 145 Å². The first kappa shape index (κ1) is 15.5. The lowest BCUT2D eigenvalue weighted by Crippen LogP contribution is -2.07. The van der Waals surface area contributed by atoms with Crippen LogP contribution in [0.15, 0.2) is 84.1 Å². The highest BCUT2D eigenvalue weighted by molar-refractivity contribution is 7.90. The van der Waals surface area contributed by atoms with Crippen LogP contribution in [0.3, 0.4) is 0 Å². The summed E-state index contributed by atoms with van der Waals surface area (Å²) in [4.78, 5) is 4.31. The first-order chi connectivity index (χ1) is 12.1. The SMILES string of the molecule is O=S(=O)(Cc1cccc(-n2cccn2)c1)c1ccc2ccccc2n1. The molecule has 0 unspecified atom stereocenters. The highest BCUT2D eigenvalue weighted by Crippen LogP contribution is 2.20. The Balaban J connectivity index is 1.68. The van der Waals surface area contributed by atoms with E-state index >= 15 is 0 Å². The number of para-hydroxylation sites is 1. The van der Waals surface area contributed by atoms with Gasteiger partial charge in [0, 0.05) is 17.8 Å². The Hall–Kier alpha value is -2.99. The van der Waals surface area contributed by atoms with Crippen LogP contribution in [-0.2, 0) is 15.6 Å². The van der Waals surface area contributed by atoms with Crippen molar-refractivity contribution in [2.45, 2.75) is 10.8 Å². The lowest BCUT2D eigenvalue weighted by molar-refractivity contribution is 0.592. The third kappa shape index (κ3) is 3.16. The van der Waals surface area contributed by atoms with Crippen molar-refractivity contribution >= 4 is 20.7 Å². The minimum atomic E-state index is -3.53. The molecule has 0 spiro atoms. The highest BCUT2D eigenvalue weighted by Gasteiger charge is 2.18. The molecule has 0 fully saturated rings. The summed E-state index contributed by atoms with van der Waals surface area (Å²) in [5.74, 6) is -0.104. The first-order valence-electron chi connectivity index (χ1n) is 7.79. The summed E-state index contributed by atoms with van der Waals surface area (Å²) in [6.45, 7) is 0. The van der Waals surface area contributed by atoms with Gasteiger partial charge in [0.05, 0.1) is 17.0 Å². The topological polar surface area (TPSA) is 64.8 Å². The molecule has 0 aliphatic rings. The van der Waals surface area contributed by atoms with E-state index in [0.717, 1.165) is 11.1 Å². The van der Waals surface area contributed by atoms with Crippen LogP contribution in [0.25, 0.3) is 16.6 Å². The monoisotopic (exact) mass is 349 g/mol. The molecule has 0 atom stereocenters. The van der Waals surface area contributed by atoms with E-state index in [0.29, 0.717) is 11.1 Å². The van der Waals surface area contributed by atoms with Crippen LogP contribution in [0.2, 0.25) is 0 Å². The van der Waals surface area contributed by atoms with E-state index in [-0.39, 0.29) is 10.8 Å². The minimum absolute atomic E-state index is 0.0932. The number of aromatic nitrogens is 3. The van der Waals surface area contributed by atoms with Gasteiger partial charge in [0.15, 0.2) is 14.9 Å². The molecular formula is C19H15N3O2S. The number of hydrogen-bond donors (Lipinski definition) is 0. The van der Waals surface area contributed by atoms with Gasteiger partial charge >= 0.3 is 0 Å². The number of nitrogens with zero attached hydrogens (tertiary/aromatic N) is 3. The molecule has 4 rings (SSSR count). The number of benzene rings is 2. The average molecular weight is 349 g/mol. The molecule has 2 aromatic heterocycles. The third-order valence-corrected chi connectivity index (χ3v) is 5.51. The number of sulfone groups is 1. The summed E-state index contributed by atoms with van der Waals surface area (Å²) in [7, 11) is -3.53. The molecule has 0 saturated carbocycles. The number of rotatable bonds is 4. The van der Waals surface area contributed by atoms with Gasteiger partial charge in [-0.2, -0.15) is 5.10 Å². The van der Waals surface area contributed by atoms with Crippen LogP contribution < -0.4 is 0 Å². The third-order valence-electron chi connectivity index (χ3n) is 3.93. The van der Waals surface area contributed by atoms with Gasteiger partial charge in [0.1, 0.15) is 0 Å². The summed E-state index contributed by atoms with van der Waals surface area (Å²) in [6.07, 6.45) is 3.50. The van der Waals surface area contributed by atoms with Crippen molar-refractivity contribution in [1.29, 1.82) is 0 Å². The number of hydrogen-bond acceptors (Lipinski definition) is 4. The van der Waals surface area contributed by atoms with Crippen molar-refractivity contribution in [3.63, 3.8) is 0 Å². The maximum Gasteiger partial charge on any atom is 0.199 e. The zero-order valence-electron chi connectivity index (χ0n) is 13.3. The fraction of sp³-hybridized carbons (Fsp3) is 0.0526. The molecule has 124 valence electrons. The predicted octanol–water partition coefficient (Wildman–Crippen LogP) is 3.39. The summed E-state index contributed by atoms with van der Waals surface area (Å²) < 4.78 is 27.2. The Morgan fingerprint density at radius 3 is 2.64 bits per heavy atom. The summed E-state index contributed by atoms with van der Waals surface area (Å²) in [5.41, 5.74) is 2.20. The fourth-order valence-corrected chi connectivity index (χ4v) is 4.00. The second kappa shape index (κ2) is 6.14. The van der Waals surface area contributed by atoms with Gasteiger partial charge in [-0.1, -0.05) is 30.3 Å². The van der Waals surface area contributed by atoms with Gasteiger partial charge in [0.2, 0.25) is 0 Å². The molecule has 2 aromatic carbocycles. The average Bonchev–Trinajstić information content (AvgIpc) is 3.16. The van der Waals surface area contributed by atoms with Crippen LogP contribution in [-0.4, -0.2) is 23.2 Å². The lowest BCUT2D eigenvalue weighted by Gasteiger charge is -2.07. The lowest BCUT2D eigenvalue weighted by atomic mass is 10.2. The second-order valence-corrected chi connectivity index (χ2v) is 7.66. The van der Waals surface area contributed by atoms with Crippen molar-refractivity contribution in [3.8, 4) is 5.69 Å². The molecule has 25 heavy (non-hydrogen) atoms. The van der Waals surface area contributed by atoms with Gasteiger partial charge in [-0.15, -0.1) is 0 Å². The smallest absolute Gasteiger partial charge is 0.199 e. The van der Waals surface area contributed by atoms with E-state index in [4.69, 9.17) is 0 Å². The minimum Gasteiger partial charge on any atom is -0.241 e. The largest absolute Gasteiger partial charge is 0.241 e. The zero-order chi connectivity index (χ0) is 17.3. The van der Waals surface area contributed by atoms with E-state index in [1.807, 2.05) is 54.7 Å².